The Morgan fingerprint density at radius 3 is 2.67 bits per heavy atom. The summed E-state index contributed by atoms with van der Waals surface area (Å²) < 4.78 is 24.1. The van der Waals surface area contributed by atoms with Gasteiger partial charge in [-0.2, -0.15) is 0 Å². The van der Waals surface area contributed by atoms with Gasteiger partial charge in [-0.15, -0.1) is 11.6 Å². The van der Waals surface area contributed by atoms with Gasteiger partial charge in [0.2, 0.25) is 10.0 Å². The lowest BCUT2D eigenvalue weighted by molar-refractivity contribution is 0.394. The highest BCUT2D eigenvalue weighted by atomic mass is 35.5. The Morgan fingerprint density at radius 1 is 1.58 bits per heavy atom. The van der Waals surface area contributed by atoms with Crippen LogP contribution in [-0.2, 0) is 10.0 Å². The first-order chi connectivity index (χ1) is 5.56. The van der Waals surface area contributed by atoms with E-state index in [1.54, 1.807) is 4.31 Å². The van der Waals surface area contributed by atoms with E-state index in [1.165, 1.54) is 0 Å². The van der Waals surface area contributed by atoms with Crippen molar-refractivity contribution >= 4 is 21.6 Å². The second-order valence-electron chi connectivity index (χ2n) is 3.29. The molecule has 3 nitrogen and oxygen atoms in total. The smallest absolute Gasteiger partial charge is 0.212 e. The Bertz CT molecular complexity index is 240. The predicted molar refractivity (Wildman–Crippen MR) is 49.9 cm³/mol. The maximum atomic E-state index is 11.3. The van der Waals surface area contributed by atoms with Crippen LogP contribution in [0, 0.1) is 5.92 Å². The van der Waals surface area contributed by atoms with Crippen molar-refractivity contribution in [1.82, 2.24) is 4.31 Å². The summed E-state index contributed by atoms with van der Waals surface area (Å²) >= 11 is 5.60. The molecule has 0 aromatic rings. The van der Waals surface area contributed by atoms with Gasteiger partial charge in [-0.3, -0.25) is 0 Å². The Kier molecular flexibility index (Phi) is 3.37. The third kappa shape index (κ3) is 2.34. The third-order valence-corrected chi connectivity index (χ3v) is 4.43. The van der Waals surface area contributed by atoms with Gasteiger partial charge < -0.3 is 0 Å². The minimum absolute atomic E-state index is 0.250. The highest BCUT2D eigenvalue weighted by Gasteiger charge is 2.28. The van der Waals surface area contributed by atoms with Gasteiger partial charge in [-0.25, -0.2) is 12.7 Å². The number of nitrogens with zero attached hydrogens (tertiary/aromatic N) is 1. The lowest BCUT2D eigenvalue weighted by Crippen LogP contribution is -2.30. The van der Waals surface area contributed by atoms with Crippen molar-refractivity contribution in [3.63, 3.8) is 0 Å². The quantitative estimate of drug-likeness (QED) is 0.651. The van der Waals surface area contributed by atoms with Gasteiger partial charge in [0.05, 0.1) is 5.75 Å². The summed E-state index contributed by atoms with van der Waals surface area (Å²) in [6.07, 6.45) is 0.761. The highest BCUT2D eigenvalue weighted by Crippen LogP contribution is 2.15. The molecule has 0 amide bonds. The Labute approximate surface area is 78.7 Å². The molecule has 72 valence electrons. The van der Waals surface area contributed by atoms with Crippen molar-refractivity contribution in [3.05, 3.63) is 0 Å². The molecule has 1 atom stereocenters. The first kappa shape index (κ1) is 10.3. The van der Waals surface area contributed by atoms with Crippen LogP contribution in [0.5, 0.6) is 0 Å². The molecule has 0 bridgehead atoms. The fourth-order valence-corrected chi connectivity index (χ4v) is 3.03. The second-order valence-corrected chi connectivity index (χ2v) is 5.68. The van der Waals surface area contributed by atoms with Crippen molar-refractivity contribution < 1.29 is 8.42 Å². The van der Waals surface area contributed by atoms with E-state index in [0.29, 0.717) is 24.7 Å². The average Bonchev–Trinajstić information content (AvgIpc) is 2.31. The lowest BCUT2D eigenvalue weighted by atomic mass is 10.2. The van der Waals surface area contributed by atoms with Crippen LogP contribution in [0.3, 0.4) is 0 Å². The minimum atomic E-state index is -2.92. The molecule has 1 fully saturated rings. The van der Waals surface area contributed by atoms with Gasteiger partial charge >= 0.3 is 0 Å². The molecule has 1 unspecified atom stereocenters. The van der Waals surface area contributed by atoms with Gasteiger partial charge in [0, 0.05) is 19.0 Å². The van der Waals surface area contributed by atoms with Crippen molar-refractivity contribution in [2.75, 3.05) is 24.7 Å². The van der Waals surface area contributed by atoms with Gasteiger partial charge in [0.15, 0.2) is 0 Å². The molecule has 12 heavy (non-hydrogen) atoms. The summed E-state index contributed by atoms with van der Waals surface area (Å²) in [5.74, 6) is 1.08. The number of halogens is 1. The molecule has 1 rings (SSSR count). The van der Waals surface area contributed by atoms with Crippen LogP contribution < -0.4 is 0 Å². The second kappa shape index (κ2) is 3.94. The zero-order chi connectivity index (χ0) is 9.19. The van der Waals surface area contributed by atoms with Crippen LogP contribution in [-0.4, -0.2) is 37.4 Å². The monoisotopic (exact) mass is 211 g/mol. The van der Waals surface area contributed by atoms with E-state index < -0.39 is 10.0 Å². The van der Waals surface area contributed by atoms with Gasteiger partial charge in [0.1, 0.15) is 0 Å². The zero-order valence-corrected chi connectivity index (χ0v) is 8.74. The first-order valence-electron chi connectivity index (χ1n) is 4.10. The number of hydrogen-bond acceptors (Lipinski definition) is 2. The van der Waals surface area contributed by atoms with Crippen molar-refractivity contribution in [2.45, 2.75) is 13.3 Å². The van der Waals surface area contributed by atoms with Crippen molar-refractivity contribution in [3.8, 4) is 0 Å². The number of rotatable bonds is 3. The standard InChI is InChI=1S/C7H14ClNO2S/c1-7(5-8)6-9-3-2-4-12(9,10)11/h7H,2-6H2,1H3. The molecular weight excluding hydrogens is 198 g/mol. The molecule has 0 N–H and O–H groups in total. The van der Waals surface area contributed by atoms with E-state index in [4.69, 9.17) is 11.6 Å². The van der Waals surface area contributed by atoms with E-state index in [9.17, 15) is 8.42 Å². The Hall–Kier alpha value is 0.200. The topological polar surface area (TPSA) is 37.4 Å². The SMILES string of the molecule is CC(CCl)CN1CCCS1(=O)=O. The molecule has 0 aliphatic carbocycles. The van der Waals surface area contributed by atoms with Crippen molar-refractivity contribution in [1.29, 1.82) is 0 Å². The molecule has 0 aromatic heterocycles. The molecule has 1 saturated heterocycles. The zero-order valence-electron chi connectivity index (χ0n) is 7.16. The summed E-state index contributed by atoms with van der Waals surface area (Å²) in [6, 6.07) is 0. The summed E-state index contributed by atoms with van der Waals surface area (Å²) in [7, 11) is -2.92. The Balaban J connectivity index is 2.53. The molecule has 5 heteroatoms. The number of sulfonamides is 1. The number of alkyl halides is 1. The first-order valence-corrected chi connectivity index (χ1v) is 6.24. The van der Waals surface area contributed by atoms with Crippen LogP contribution in [0.15, 0.2) is 0 Å². The number of hydrogen-bond donors (Lipinski definition) is 0. The van der Waals surface area contributed by atoms with Gasteiger partial charge in [-0.1, -0.05) is 6.92 Å². The van der Waals surface area contributed by atoms with Crippen LogP contribution in [0.2, 0.25) is 0 Å². The van der Waals surface area contributed by atoms with Gasteiger partial charge in [0.25, 0.3) is 0 Å². The molecule has 1 heterocycles. The molecule has 0 aromatic carbocycles. The summed E-state index contributed by atoms with van der Waals surface area (Å²) in [5, 5.41) is 0. The largest absolute Gasteiger partial charge is 0.214 e. The van der Waals surface area contributed by atoms with E-state index in [2.05, 4.69) is 0 Å². The Morgan fingerprint density at radius 2 is 2.25 bits per heavy atom. The third-order valence-electron chi connectivity index (χ3n) is 1.98. The average molecular weight is 212 g/mol. The highest BCUT2D eigenvalue weighted by molar-refractivity contribution is 7.89. The molecular formula is C7H14ClNO2S. The van der Waals surface area contributed by atoms with Gasteiger partial charge in [-0.05, 0) is 12.3 Å². The summed E-state index contributed by atoms with van der Waals surface area (Å²) in [5.41, 5.74) is 0. The minimum Gasteiger partial charge on any atom is -0.212 e. The molecule has 0 radical (unpaired) electrons. The van der Waals surface area contributed by atoms with E-state index in [-0.39, 0.29) is 5.92 Å². The van der Waals surface area contributed by atoms with E-state index >= 15 is 0 Å². The normalized spacial score (nSPS) is 25.8. The van der Waals surface area contributed by atoms with Crippen LogP contribution in [0.1, 0.15) is 13.3 Å². The van der Waals surface area contributed by atoms with E-state index in [1.807, 2.05) is 6.92 Å². The van der Waals surface area contributed by atoms with Crippen LogP contribution in [0.4, 0.5) is 0 Å². The van der Waals surface area contributed by atoms with Crippen LogP contribution in [0.25, 0.3) is 0 Å². The maximum absolute atomic E-state index is 11.3. The molecule has 1 aliphatic heterocycles. The summed E-state index contributed by atoms with van der Waals surface area (Å²) in [4.78, 5) is 0. The fourth-order valence-electron chi connectivity index (χ4n) is 1.29. The van der Waals surface area contributed by atoms with Crippen molar-refractivity contribution in [2.24, 2.45) is 5.92 Å². The molecule has 0 spiro atoms. The molecule has 0 saturated carbocycles. The summed E-state index contributed by atoms with van der Waals surface area (Å²) in [6.45, 7) is 3.20. The predicted octanol–water partition coefficient (Wildman–Crippen LogP) is 0.897. The fraction of sp³-hybridized carbons (Fsp3) is 1.00. The lowest BCUT2D eigenvalue weighted by Gasteiger charge is -2.17. The molecule has 1 aliphatic rings. The maximum Gasteiger partial charge on any atom is 0.214 e. The van der Waals surface area contributed by atoms with E-state index in [0.717, 1.165) is 6.42 Å². The van der Waals surface area contributed by atoms with Crippen LogP contribution >= 0.6 is 11.6 Å².